The van der Waals surface area contributed by atoms with Crippen molar-refractivity contribution in [2.24, 2.45) is 5.92 Å². The van der Waals surface area contributed by atoms with Crippen LogP contribution in [-0.2, 0) is 0 Å². The minimum Gasteiger partial charge on any atom is -0.0502 e. The largest absolute Gasteiger partial charge is 0.0502 e. The Labute approximate surface area is 39.6 Å². The fourth-order valence-corrected chi connectivity index (χ4v) is 0.642. The van der Waals surface area contributed by atoms with E-state index in [0.717, 1.165) is 12.3 Å². The highest BCUT2D eigenvalue weighted by atomic mass is 14.2. The summed E-state index contributed by atoms with van der Waals surface area (Å²) in [6.07, 6.45) is 5.04. The van der Waals surface area contributed by atoms with E-state index in [1.165, 1.54) is 19.3 Å². The topological polar surface area (TPSA) is 0 Å². The van der Waals surface area contributed by atoms with Crippen molar-refractivity contribution in [3.05, 3.63) is 6.92 Å². The smallest absolute Gasteiger partial charge is 0.0352 e. The van der Waals surface area contributed by atoms with Crippen LogP contribution in [0.3, 0.4) is 0 Å². The van der Waals surface area contributed by atoms with Crippen molar-refractivity contribution in [1.82, 2.24) is 0 Å². The Morgan fingerprint density at radius 3 is 2.33 bits per heavy atom. The van der Waals surface area contributed by atoms with E-state index in [9.17, 15) is 0 Å². The van der Waals surface area contributed by atoms with Crippen LogP contribution in [0.5, 0.6) is 0 Å². The summed E-state index contributed by atoms with van der Waals surface area (Å²) >= 11 is 0. The van der Waals surface area contributed by atoms with Crippen LogP contribution in [0.2, 0.25) is 0 Å². The fraction of sp³-hybridized carbons (Fsp3) is 0.833. The fourth-order valence-electron chi connectivity index (χ4n) is 0.642. The van der Waals surface area contributed by atoms with Gasteiger partial charge in [-0.1, -0.05) is 19.3 Å². The molecule has 1 rings (SSSR count). The summed E-state index contributed by atoms with van der Waals surface area (Å²) in [4.78, 5) is 0. The molecule has 1 fully saturated rings. The lowest BCUT2D eigenvalue weighted by atomic mass is 10.2. The van der Waals surface area contributed by atoms with Crippen molar-refractivity contribution in [3.8, 4) is 0 Å². The molecule has 0 heterocycles. The second kappa shape index (κ2) is 1.63. The van der Waals surface area contributed by atoms with Crippen LogP contribution >= 0.6 is 0 Å². The zero-order valence-corrected chi connectivity index (χ0v) is 3.98. The van der Waals surface area contributed by atoms with Gasteiger partial charge in [0.05, 0.1) is 0 Å². The molecule has 1 aliphatic rings. The minimum atomic E-state index is 0.894. The summed E-state index contributed by atoms with van der Waals surface area (Å²) in [6.45, 7) is 5.27. The van der Waals surface area contributed by atoms with Gasteiger partial charge in [0.15, 0.2) is 0 Å². The molecule has 34 valence electrons. The molecule has 0 aliphatic heterocycles. The normalized spacial score (nSPS) is 21.5. The maximum absolute atomic E-state index is 5.27. The van der Waals surface area contributed by atoms with Gasteiger partial charge in [0.1, 0.15) is 0 Å². The van der Waals surface area contributed by atoms with Gasteiger partial charge in [-0.25, -0.2) is 0 Å². The summed E-state index contributed by atoms with van der Waals surface area (Å²) in [6, 6.07) is 0. The monoisotopic (exact) mass is 82.1 g/mol. The molecule has 0 N–H and O–H groups in total. The Balaban J connectivity index is 1.88. The molecular weight excluding hydrogens is 72.1 g/mol. The molecule has 0 atom stereocenters. The van der Waals surface area contributed by atoms with E-state index in [1.807, 2.05) is 0 Å². The van der Waals surface area contributed by atoms with Gasteiger partial charge < -0.3 is 0 Å². The predicted molar refractivity (Wildman–Crippen MR) is 26.3 cm³/mol. The predicted octanol–water partition coefficient (Wildman–Crippen LogP) is 1.89. The molecule has 0 unspecified atom stereocenters. The van der Waals surface area contributed by atoms with Gasteiger partial charge in [0.25, 0.3) is 0 Å². The summed E-state index contributed by atoms with van der Waals surface area (Å²) < 4.78 is 0. The Morgan fingerprint density at radius 1 is 1.50 bits per heavy atom. The third-order valence-corrected chi connectivity index (χ3v) is 1.27. The van der Waals surface area contributed by atoms with Gasteiger partial charge in [0.2, 0.25) is 0 Å². The molecule has 0 heteroatoms. The second-order valence-electron chi connectivity index (χ2n) is 2.02. The van der Waals surface area contributed by atoms with E-state index in [0.29, 0.717) is 0 Å². The number of rotatable bonds is 2. The van der Waals surface area contributed by atoms with Crippen LogP contribution in [0.1, 0.15) is 25.7 Å². The van der Waals surface area contributed by atoms with Gasteiger partial charge in [-0.05, 0) is 19.3 Å². The molecule has 0 aromatic rings. The molecule has 0 amide bonds. The first kappa shape index (κ1) is 4.17. The lowest BCUT2D eigenvalue weighted by Gasteiger charge is -1.82. The highest BCUT2D eigenvalue weighted by molar-refractivity contribution is 4.72. The first-order valence-corrected chi connectivity index (χ1v) is 2.63. The molecule has 2 radical (unpaired) electrons. The summed E-state index contributed by atoms with van der Waals surface area (Å²) in [5, 5.41) is 0. The van der Waals surface area contributed by atoms with Crippen molar-refractivity contribution in [3.63, 3.8) is 0 Å². The standard InChI is InChI=1S/C6H10/c1-2-3-6-4-5-6/h1,6H,2-5H2. The Morgan fingerprint density at radius 2 is 2.17 bits per heavy atom. The second-order valence-corrected chi connectivity index (χ2v) is 2.02. The zero-order valence-electron chi connectivity index (χ0n) is 3.98. The van der Waals surface area contributed by atoms with Crippen molar-refractivity contribution in [2.75, 3.05) is 0 Å². The Bertz CT molecular complexity index is 35.3. The summed E-state index contributed by atoms with van der Waals surface area (Å²) in [5.74, 6) is 1.02. The average Bonchev–Trinajstić information content (AvgIpc) is 2.21. The van der Waals surface area contributed by atoms with Crippen LogP contribution in [0.15, 0.2) is 0 Å². The third-order valence-electron chi connectivity index (χ3n) is 1.27. The number of hydrogen-bond donors (Lipinski definition) is 0. The maximum Gasteiger partial charge on any atom is -0.0352 e. The molecule has 0 aromatic heterocycles. The first-order chi connectivity index (χ1) is 2.93. The van der Waals surface area contributed by atoms with E-state index in [2.05, 4.69) is 0 Å². The quantitative estimate of drug-likeness (QED) is 0.477. The van der Waals surface area contributed by atoms with Crippen molar-refractivity contribution >= 4 is 0 Å². The zero-order chi connectivity index (χ0) is 4.41. The SMILES string of the molecule is [CH]CCC1CC1. The molecule has 0 bridgehead atoms. The molecule has 0 nitrogen and oxygen atoms in total. The van der Waals surface area contributed by atoms with Crippen LogP contribution in [0.4, 0.5) is 0 Å². The van der Waals surface area contributed by atoms with Crippen molar-refractivity contribution < 1.29 is 0 Å². The molecule has 6 heavy (non-hydrogen) atoms. The summed E-state index contributed by atoms with van der Waals surface area (Å²) in [7, 11) is 0. The first-order valence-electron chi connectivity index (χ1n) is 2.63. The lowest BCUT2D eigenvalue weighted by molar-refractivity contribution is 0.740. The van der Waals surface area contributed by atoms with Gasteiger partial charge >= 0.3 is 0 Å². The van der Waals surface area contributed by atoms with Crippen LogP contribution in [0.25, 0.3) is 0 Å². The van der Waals surface area contributed by atoms with Gasteiger partial charge in [0, 0.05) is 0 Å². The van der Waals surface area contributed by atoms with E-state index >= 15 is 0 Å². The molecule has 1 saturated carbocycles. The van der Waals surface area contributed by atoms with E-state index in [-0.39, 0.29) is 0 Å². The van der Waals surface area contributed by atoms with E-state index in [4.69, 9.17) is 6.92 Å². The molecule has 0 saturated heterocycles. The van der Waals surface area contributed by atoms with E-state index in [1.54, 1.807) is 0 Å². The highest BCUT2D eigenvalue weighted by Gasteiger charge is 2.18. The van der Waals surface area contributed by atoms with Crippen LogP contribution in [-0.4, -0.2) is 0 Å². The van der Waals surface area contributed by atoms with Crippen molar-refractivity contribution in [1.29, 1.82) is 0 Å². The van der Waals surface area contributed by atoms with Crippen LogP contribution < -0.4 is 0 Å². The summed E-state index contributed by atoms with van der Waals surface area (Å²) in [5.41, 5.74) is 0. The molecule has 1 aliphatic carbocycles. The van der Waals surface area contributed by atoms with Gasteiger partial charge in [-0.2, -0.15) is 0 Å². The molecular formula is C6H10. The minimum absolute atomic E-state index is 0.894. The van der Waals surface area contributed by atoms with Gasteiger partial charge in [-0.3, -0.25) is 0 Å². The molecule has 0 spiro atoms. The van der Waals surface area contributed by atoms with Crippen LogP contribution in [0, 0.1) is 12.8 Å². The average molecular weight is 82.1 g/mol. The van der Waals surface area contributed by atoms with Gasteiger partial charge in [-0.15, -0.1) is 0 Å². The van der Waals surface area contributed by atoms with E-state index < -0.39 is 0 Å². The Hall–Kier alpha value is 0. The highest BCUT2D eigenvalue weighted by Crippen LogP contribution is 2.32. The molecule has 0 aromatic carbocycles. The lowest BCUT2D eigenvalue weighted by Crippen LogP contribution is -1.68. The Kier molecular flexibility index (Phi) is 1.13. The van der Waals surface area contributed by atoms with Crippen molar-refractivity contribution in [2.45, 2.75) is 25.7 Å². The third kappa shape index (κ3) is 1.00. The maximum atomic E-state index is 5.27. The number of hydrogen-bond acceptors (Lipinski definition) is 0.